The molecule has 0 aromatic rings. The van der Waals surface area contributed by atoms with Crippen molar-refractivity contribution < 1.29 is 5.11 Å². The van der Waals surface area contributed by atoms with Crippen molar-refractivity contribution >= 4 is 12.4 Å². The normalized spacial score (nSPS) is 29.5. The van der Waals surface area contributed by atoms with E-state index in [9.17, 15) is 0 Å². The van der Waals surface area contributed by atoms with E-state index in [-0.39, 0.29) is 12.4 Å². The molecule has 0 spiro atoms. The minimum absolute atomic E-state index is 0. The first-order valence-corrected chi connectivity index (χ1v) is 4.69. The molecule has 0 amide bonds. The minimum atomic E-state index is 0. The second-order valence-electron chi connectivity index (χ2n) is 3.65. The molecule has 0 aliphatic heterocycles. The summed E-state index contributed by atoms with van der Waals surface area (Å²) in [5.74, 6) is 0.849. The molecule has 0 saturated heterocycles. The standard InChI is InChI=1S/C9H19NO.ClH/c10-9-5-3-8(4-6-9)2-1-7-11;/h8-9,11H,1-7,10H2;1H. The van der Waals surface area contributed by atoms with Gasteiger partial charge in [0.05, 0.1) is 0 Å². The van der Waals surface area contributed by atoms with Crippen LogP contribution in [0.3, 0.4) is 0 Å². The zero-order valence-electron chi connectivity index (χ0n) is 7.54. The van der Waals surface area contributed by atoms with Gasteiger partial charge in [-0.15, -0.1) is 12.4 Å². The SMILES string of the molecule is Cl.NC1CCC(CCCO)CC1. The number of aliphatic hydroxyl groups is 1. The molecule has 0 aromatic heterocycles. The smallest absolute Gasteiger partial charge is 0.0431 e. The molecule has 0 bridgehead atoms. The van der Waals surface area contributed by atoms with Gasteiger partial charge in [0, 0.05) is 12.6 Å². The number of halogens is 1. The Labute approximate surface area is 80.9 Å². The van der Waals surface area contributed by atoms with Gasteiger partial charge in [0.2, 0.25) is 0 Å². The third kappa shape index (κ3) is 4.29. The van der Waals surface area contributed by atoms with Crippen LogP contribution in [0.15, 0.2) is 0 Å². The highest BCUT2D eigenvalue weighted by atomic mass is 35.5. The predicted octanol–water partition coefficient (Wildman–Crippen LogP) is 1.70. The van der Waals surface area contributed by atoms with Gasteiger partial charge in [0.25, 0.3) is 0 Å². The molecule has 0 atom stereocenters. The number of hydrogen-bond donors (Lipinski definition) is 2. The average Bonchev–Trinajstić information content (AvgIpc) is 2.04. The van der Waals surface area contributed by atoms with Crippen molar-refractivity contribution in [2.75, 3.05) is 6.61 Å². The summed E-state index contributed by atoms with van der Waals surface area (Å²) < 4.78 is 0. The Bertz CT molecular complexity index is 99.9. The first-order valence-electron chi connectivity index (χ1n) is 4.69. The third-order valence-electron chi connectivity index (χ3n) is 2.66. The van der Waals surface area contributed by atoms with E-state index < -0.39 is 0 Å². The molecule has 0 unspecified atom stereocenters. The van der Waals surface area contributed by atoms with Crippen LogP contribution in [-0.2, 0) is 0 Å². The molecule has 12 heavy (non-hydrogen) atoms. The fraction of sp³-hybridized carbons (Fsp3) is 1.00. The molecule has 1 aliphatic rings. The van der Waals surface area contributed by atoms with Crippen molar-refractivity contribution in [3.63, 3.8) is 0 Å². The molecule has 1 fully saturated rings. The van der Waals surface area contributed by atoms with Crippen LogP contribution in [0.2, 0.25) is 0 Å². The summed E-state index contributed by atoms with van der Waals surface area (Å²) in [4.78, 5) is 0. The number of rotatable bonds is 3. The number of aliphatic hydroxyl groups excluding tert-OH is 1. The molecule has 1 rings (SSSR count). The van der Waals surface area contributed by atoms with E-state index in [4.69, 9.17) is 10.8 Å². The Hall–Kier alpha value is 0.210. The molecule has 74 valence electrons. The molecule has 0 radical (unpaired) electrons. The van der Waals surface area contributed by atoms with Crippen molar-refractivity contribution in [3.05, 3.63) is 0 Å². The van der Waals surface area contributed by atoms with Crippen LogP contribution in [0.5, 0.6) is 0 Å². The van der Waals surface area contributed by atoms with Gasteiger partial charge in [0.15, 0.2) is 0 Å². The monoisotopic (exact) mass is 193 g/mol. The topological polar surface area (TPSA) is 46.2 Å². The van der Waals surface area contributed by atoms with Gasteiger partial charge in [-0.05, 0) is 44.4 Å². The third-order valence-corrected chi connectivity index (χ3v) is 2.66. The molecule has 1 aliphatic carbocycles. The van der Waals surface area contributed by atoms with Gasteiger partial charge in [-0.3, -0.25) is 0 Å². The van der Waals surface area contributed by atoms with Crippen molar-refractivity contribution in [3.8, 4) is 0 Å². The molecule has 2 nitrogen and oxygen atoms in total. The first-order chi connectivity index (χ1) is 5.33. The number of hydrogen-bond acceptors (Lipinski definition) is 2. The maximum atomic E-state index is 8.62. The van der Waals surface area contributed by atoms with Crippen LogP contribution in [0.4, 0.5) is 0 Å². The van der Waals surface area contributed by atoms with Crippen molar-refractivity contribution in [2.45, 2.75) is 44.6 Å². The van der Waals surface area contributed by atoms with E-state index in [0.29, 0.717) is 12.6 Å². The quantitative estimate of drug-likeness (QED) is 0.717. The molecular weight excluding hydrogens is 174 g/mol. The Balaban J connectivity index is 0.00000121. The summed E-state index contributed by atoms with van der Waals surface area (Å²) in [6, 6.07) is 0.459. The Kier molecular flexibility index (Phi) is 6.81. The zero-order valence-corrected chi connectivity index (χ0v) is 8.35. The minimum Gasteiger partial charge on any atom is -0.396 e. The highest BCUT2D eigenvalue weighted by Gasteiger charge is 2.17. The fourth-order valence-corrected chi connectivity index (χ4v) is 1.86. The summed E-state index contributed by atoms with van der Waals surface area (Å²) >= 11 is 0. The second-order valence-corrected chi connectivity index (χ2v) is 3.65. The zero-order chi connectivity index (χ0) is 8.10. The van der Waals surface area contributed by atoms with E-state index in [1.165, 1.54) is 32.1 Å². The van der Waals surface area contributed by atoms with Crippen molar-refractivity contribution in [2.24, 2.45) is 11.7 Å². The van der Waals surface area contributed by atoms with E-state index in [2.05, 4.69) is 0 Å². The Morgan fingerprint density at radius 3 is 2.25 bits per heavy atom. The average molecular weight is 194 g/mol. The van der Waals surface area contributed by atoms with Crippen molar-refractivity contribution in [1.82, 2.24) is 0 Å². The van der Waals surface area contributed by atoms with Crippen molar-refractivity contribution in [1.29, 1.82) is 0 Å². The second kappa shape index (κ2) is 6.70. The van der Waals surface area contributed by atoms with Gasteiger partial charge in [-0.25, -0.2) is 0 Å². The molecule has 3 N–H and O–H groups in total. The van der Waals surface area contributed by atoms with Crippen LogP contribution in [-0.4, -0.2) is 17.8 Å². The van der Waals surface area contributed by atoms with Gasteiger partial charge in [0.1, 0.15) is 0 Å². The summed E-state index contributed by atoms with van der Waals surface area (Å²) in [6.07, 6.45) is 7.11. The molecular formula is C9H20ClNO. The molecule has 1 saturated carbocycles. The number of nitrogens with two attached hydrogens (primary N) is 1. The van der Waals surface area contributed by atoms with E-state index in [0.717, 1.165) is 12.3 Å². The first kappa shape index (κ1) is 12.2. The summed E-state index contributed by atoms with van der Waals surface area (Å²) in [5.41, 5.74) is 5.78. The lowest BCUT2D eigenvalue weighted by atomic mass is 9.84. The van der Waals surface area contributed by atoms with Crippen LogP contribution in [0.25, 0.3) is 0 Å². The van der Waals surface area contributed by atoms with Gasteiger partial charge in [-0.2, -0.15) is 0 Å². The van der Waals surface area contributed by atoms with Crippen LogP contribution in [0.1, 0.15) is 38.5 Å². The Morgan fingerprint density at radius 1 is 1.17 bits per heavy atom. The maximum Gasteiger partial charge on any atom is 0.0431 e. The Morgan fingerprint density at radius 2 is 1.75 bits per heavy atom. The van der Waals surface area contributed by atoms with Crippen LogP contribution < -0.4 is 5.73 Å². The van der Waals surface area contributed by atoms with Crippen LogP contribution >= 0.6 is 12.4 Å². The lowest BCUT2D eigenvalue weighted by molar-refractivity contribution is 0.247. The molecule has 0 aromatic carbocycles. The lowest BCUT2D eigenvalue weighted by Crippen LogP contribution is -2.26. The van der Waals surface area contributed by atoms with E-state index >= 15 is 0 Å². The van der Waals surface area contributed by atoms with Gasteiger partial charge >= 0.3 is 0 Å². The highest BCUT2D eigenvalue weighted by Crippen LogP contribution is 2.26. The summed E-state index contributed by atoms with van der Waals surface area (Å²) in [6.45, 7) is 0.350. The molecule has 3 heteroatoms. The predicted molar refractivity (Wildman–Crippen MR) is 53.5 cm³/mol. The summed E-state index contributed by atoms with van der Waals surface area (Å²) in [7, 11) is 0. The maximum absolute atomic E-state index is 8.62. The lowest BCUT2D eigenvalue weighted by Gasteiger charge is -2.25. The van der Waals surface area contributed by atoms with Gasteiger partial charge in [-0.1, -0.05) is 0 Å². The molecule has 0 heterocycles. The van der Waals surface area contributed by atoms with Crippen LogP contribution in [0, 0.1) is 5.92 Å². The van der Waals surface area contributed by atoms with Gasteiger partial charge < -0.3 is 10.8 Å². The van der Waals surface area contributed by atoms with E-state index in [1.54, 1.807) is 0 Å². The van der Waals surface area contributed by atoms with E-state index in [1.807, 2.05) is 0 Å². The largest absolute Gasteiger partial charge is 0.396 e. The summed E-state index contributed by atoms with van der Waals surface area (Å²) in [5, 5.41) is 8.62. The highest BCUT2D eigenvalue weighted by molar-refractivity contribution is 5.85. The fourth-order valence-electron chi connectivity index (χ4n) is 1.86.